The first-order valence-electron chi connectivity index (χ1n) is 15.1. The summed E-state index contributed by atoms with van der Waals surface area (Å²) in [5.74, 6) is -4.75. The number of phenolic OH excluding ortho intramolecular Hbond substituents is 1. The van der Waals surface area contributed by atoms with E-state index in [1.165, 1.54) is 30.0 Å². The SMILES string of the molecule is CN(CCCCCCC1=C(c2ccc(F)cc2)CCCc2c1ccc(O)c2F)CCCCSCCCC(F)(F)C(F)(F)F. The third kappa shape index (κ3) is 10.7. The predicted molar refractivity (Wildman–Crippen MR) is 162 cm³/mol. The van der Waals surface area contributed by atoms with Crippen LogP contribution in [0.15, 0.2) is 36.4 Å². The van der Waals surface area contributed by atoms with Crippen molar-refractivity contribution in [2.75, 3.05) is 31.6 Å². The van der Waals surface area contributed by atoms with Gasteiger partial charge in [0.25, 0.3) is 0 Å². The van der Waals surface area contributed by atoms with E-state index in [9.17, 15) is 35.8 Å². The Morgan fingerprint density at radius 2 is 1.44 bits per heavy atom. The van der Waals surface area contributed by atoms with Crippen LogP contribution in [0.1, 0.15) is 87.3 Å². The average molecular weight is 634 g/mol. The van der Waals surface area contributed by atoms with E-state index in [4.69, 9.17) is 0 Å². The molecule has 1 aliphatic rings. The van der Waals surface area contributed by atoms with Crippen molar-refractivity contribution in [1.29, 1.82) is 0 Å². The van der Waals surface area contributed by atoms with Gasteiger partial charge in [-0.2, -0.15) is 33.7 Å². The van der Waals surface area contributed by atoms with E-state index in [1.54, 1.807) is 18.2 Å². The fourth-order valence-electron chi connectivity index (χ4n) is 5.52. The van der Waals surface area contributed by atoms with Crippen LogP contribution in [0, 0.1) is 11.6 Å². The van der Waals surface area contributed by atoms with E-state index in [0.717, 1.165) is 98.9 Å². The molecule has 1 aliphatic carbocycles. The van der Waals surface area contributed by atoms with Gasteiger partial charge in [0.2, 0.25) is 0 Å². The van der Waals surface area contributed by atoms with Gasteiger partial charge >= 0.3 is 12.1 Å². The molecule has 240 valence electrons. The van der Waals surface area contributed by atoms with Crippen LogP contribution in [0.3, 0.4) is 0 Å². The number of alkyl halides is 5. The van der Waals surface area contributed by atoms with Gasteiger partial charge in [0.15, 0.2) is 11.6 Å². The molecule has 0 saturated carbocycles. The fraction of sp³-hybridized carbons (Fsp3) is 0.576. The molecule has 0 spiro atoms. The van der Waals surface area contributed by atoms with Gasteiger partial charge in [-0.15, -0.1) is 0 Å². The second-order valence-electron chi connectivity index (χ2n) is 11.3. The molecule has 0 aliphatic heterocycles. The van der Waals surface area contributed by atoms with Crippen LogP contribution in [0.25, 0.3) is 11.1 Å². The molecule has 3 rings (SSSR count). The van der Waals surface area contributed by atoms with Crippen molar-refractivity contribution in [1.82, 2.24) is 4.90 Å². The van der Waals surface area contributed by atoms with Crippen molar-refractivity contribution in [3.63, 3.8) is 0 Å². The number of rotatable bonds is 17. The summed E-state index contributed by atoms with van der Waals surface area (Å²) in [5.41, 5.74) is 4.52. The third-order valence-electron chi connectivity index (χ3n) is 7.95. The molecule has 0 fully saturated rings. The summed E-state index contributed by atoms with van der Waals surface area (Å²) in [4.78, 5) is 2.25. The molecule has 1 N–H and O–H groups in total. The number of nitrogens with zero attached hydrogens (tertiary/aromatic N) is 1. The maximum atomic E-state index is 14.9. The predicted octanol–water partition coefficient (Wildman–Crippen LogP) is 10.3. The van der Waals surface area contributed by atoms with Crippen molar-refractivity contribution in [3.8, 4) is 5.75 Å². The number of fused-ring (bicyclic) bond motifs is 1. The van der Waals surface area contributed by atoms with Crippen molar-refractivity contribution in [2.45, 2.75) is 89.1 Å². The highest BCUT2D eigenvalue weighted by atomic mass is 32.2. The summed E-state index contributed by atoms with van der Waals surface area (Å²) >= 11 is 1.42. The first-order valence-corrected chi connectivity index (χ1v) is 16.3. The number of benzene rings is 2. The van der Waals surface area contributed by atoms with E-state index in [-0.39, 0.29) is 18.0 Å². The molecule has 10 heteroatoms. The smallest absolute Gasteiger partial charge is 0.453 e. The van der Waals surface area contributed by atoms with Crippen LogP contribution in [-0.4, -0.2) is 53.7 Å². The van der Waals surface area contributed by atoms with Gasteiger partial charge in [-0.25, -0.2) is 8.78 Å². The van der Waals surface area contributed by atoms with Crippen molar-refractivity contribution >= 4 is 22.9 Å². The first-order chi connectivity index (χ1) is 20.4. The molecular weight excluding hydrogens is 591 g/mol. The second kappa shape index (κ2) is 16.8. The van der Waals surface area contributed by atoms with Crippen molar-refractivity contribution in [3.05, 3.63) is 64.7 Å². The van der Waals surface area contributed by atoms with E-state index in [1.807, 2.05) is 0 Å². The van der Waals surface area contributed by atoms with Gasteiger partial charge in [-0.05, 0) is 135 Å². The number of thioether (sulfide) groups is 1. The largest absolute Gasteiger partial charge is 0.505 e. The highest BCUT2D eigenvalue weighted by Gasteiger charge is 2.56. The first kappa shape index (κ1) is 35.3. The molecule has 0 unspecified atom stereocenters. The van der Waals surface area contributed by atoms with Crippen LogP contribution in [0.2, 0.25) is 0 Å². The Balaban J connectivity index is 1.38. The Hall–Kier alpha value is -2.20. The Bertz CT molecular complexity index is 1180. The van der Waals surface area contributed by atoms with Crippen LogP contribution in [0.4, 0.5) is 30.7 Å². The van der Waals surface area contributed by atoms with Gasteiger partial charge in [-0.1, -0.05) is 31.0 Å². The number of allylic oxidation sites excluding steroid dienone is 2. The lowest BCUT2D eigenvalue weighted by Crippen LogP contribution is -2.36. The normalized spacial score (nSPS) is 14.3. The summed E-state index contributed by atoms with van der Waals surface area (Å²) in [7, 11) is 2.05. The summed E-state index contributed by atoms with van der Waals surface area (Å²) in [5, 5.41) is 9.95. The molecule has 0 bridgehead atoms. The maximum absolute atomic E-state index is 14.9. The summed E-state index contributed by atoms with van der Waals surface area (Å²) in [6.07, 6.45) is 1.85. The number of halogens is 7. The maximum Gasteiger partial charge on any atom is 0.453 e. The molecule has 2 aromatic carbocycles. The monoisotopic (exact) mass is 633 g/mol. The zero-order valence-electron chi connectivity index (χ0n) is 24.7. The van der Waals surface area contributed by atoms with E-state index < -0.39 is 24.3 Å². The summed E-state index contributed by atoms with van der Waals surface area (Å²) in [6, 6.07) is 9.67. The second-order valence-corrected chi connectivity index (χ2v) is 12.6. The molecule has 0 aromatic heterocycles. The van der Waals surface area contributed by atoms with E-state index in [0.29, 0.717) is 17.7 Å². The quantitative estimate of drug-likeness (QED) is 0.139. The van der Waals surface area contributed by atoms with Gasteiger partial charge in [0.1, 0.15) is 5.82 Å². The Labute approximate surface area is 254 Å². The molecule has 0 amide bonds. The highest BCUT2D eigenvalue weighted by Crippen LogP contribution is 2.41. The summed E-state index contributed by atoms with van der Waals surface area (Å²) < 4.78 is 90.9. The van der Waals surface area contributed by atoms with Crippen molar-refractivity contribution < 1.29 is 35.8 Å². The van der Waals surface area contributed by atoms with E-state index >= 15 is 0 Å². The van der Waals surface area contributed by atoms with Crippen LogP contribution >= 0.6 is 11.8 Å². The van der Waals surface area contributed by atoms with Gasteiger partial charge in [-0.3, -0.25) is 0 Å². The molecular formula is C33H42F7NOS. The highest BCUT2D eigenvalue weighted by molar-refractivity contribution is 7.99. The van der Waals surface area contributed by atoms with Crippen LogP contribution in [0.5, 0.6) is 5.75 Å². The Kier molecular flexibility index (Phi) is 13.7. The van der Waals surface area contributed by atoms with Crippen LogP contribution < -0.4 is 0 Å². The number of unbranched alkanes of at least 4 members (excludes halogenated alkanes) is 4. The van der Waals surface area contributed by atoms with Crippen molar-refractivity contribution in [2.24, 2.45) is 0 Å². The minimum absolute atomic E-state index is 0.158. The number of phenols is 1. The number of hydrogen-bond donors (Lipinski definition) is 1. The molecule has 43 heavy (non-hydrogen) atoms. The van der Waals surface area contributed by atoms with Gasteiger partial charge < -0.3 is 10.0 Å². The van der Waals surface area contributed by atoms with Crippen LogP contribution in [-0.2, 0) is 6.42 Å². The van der Waals surface area contributed by atoms with Gasteiger partial charge in [0.05, 0.1) is 0 Å². The number of hydrogen-bond acceptors (Lipinski definition) is 3. The zero-order valence-corrected chi connectivity index (χ0v) is 25.5. The minimum atomic E-state index is -5.47. The summed E-state index contributed by atoms with van der Waals surface area (Å²) in [6.45, 7) is 1.84. The number of aromatic hydroxyl groups is 1. The molecule has 0 saturated heterocycles. The molecule has 0 heterocycles. The minimum Gasteiger partial charge on any atom is -0.505 e. The molecule has 0 atom stereocenters. The average Bonchev–Trinajstić information content (AvgIpc) is 3.13. The lowest BCUT2D eigenvalue weighted by molar-refractivity contribution is -0.284. The standard InChI is InChI=1S/C33H42F7NOS/c1-41(21-6-7-22-43-23-9-19-32(36,37)33(38,39)40)20-5-3-2-4-10-27-26(24-13-15-25(34)16-14-24)11-8-12-29-28(27)17-18-30(42)31(29)35/h13-18,42H,2-12,19-23H2,1H3. The Morgan fingerprint density at radius 1 is 0.791 bits per heavy atom. The fourth-order valence-corrected chi connectivity index (χ4v) is 6.48. The Morgan fingerprint density at radius 3 is 2.14 bits per heavy atom. The molecule has 2 nitrogen and oxygen atoms in total. The third-order valence-corrected chi connectivity index (χ3v) is 9.10. The topological polar surface area (TPSA) is 23.5 Å². The molecule has 2 aromatic rings. The van der Waals surface area contributed by atoms with E-state index in [2.05, 4.69) is 11.9 Å². The molecule has 0 radical (unpaired) electrons. The van der Waals surface area contributed by atoms with Gasteiger partial charge in [0, 0.05) is 6.42 Å². The zero-order chi connectivity index (χ0) is 31.5. The lowest BCUT2D eigenvalue weighted by atomic mass is 9.89. The lowest BCUT2D eigenvalue weighted by Gasteiger charge is -2.19.